The van der Waals surface area contributed by atoms with Gasteiger partial charge in [-0.1, -0.05) is 0 Å². The molecule has 0 saturated carbocycles. The fourth-order valence-electron chi connectivity index (χ4n) is 3.37. The summed E-state index contributed by atoms with van der Waals surface area (Å²) in [7, 11) is 1.57. The molecule has 2 fully saturated rings. The number of carbonyl (C=O) groups excluding carboxylic acids is 2. The zero-order valence-corrected chi connectivity index (χ0v) is 13.5. The second-order valence-electron chi connectivity index (χ2n) is 6.24. The Morgan fingerprint density at radius 3 is 2.83 bits per heavy atom. The second kappa shape index (κ2) is 6.16. The normalized spacial score (nSPS) is 25.6. The number of amides is 3. The van der Waals surface area contributed by atoms with Crippen LogP contribution in [0.5, 0.6) is 5.75 Å². The van der Waals surface area contributed by atoms with Crippen LogP contribution in [0.1, 0.15) is 25.5 Å². The van der Waals surface area contributed by atoms with Crippen LogP contribution in [0.3, 0.4) is 0 Å². The van der Waals surface area contributed by atoms with Gasteiger partial charge in [0, 0.05) is 12.3 Å². The number of nitrogens with zero attached hydrogens (tertiary/aromatic N) is 2. The molecule has 0 bridgehead atoms. The first kappa shape index (κ1) is 15.7. The van der Waals surface area contributed by atoms with Crippen LogP contribution in [0.2, 0.25) is 0 Å². The minimum atomic E-state index is -0.821. The molecule has 2 aliphatic heterocycles. The van der Waals surface area contributed by atoms with E-state index in [9.17, 15) is 9.59 Å². The Kier molecular flexibility index (Phi) is 4.21. The molecule has 0 spiro atoms. The lowest BCUT2D eigenvalue weighted by Gasteiger charge is -2.34. The molecule has 7 nitrogen and oxygen atoms in total. The van der Waals surface area contributed by atoms with Crippen LogP contribution in [0.25, 0.3) is 0 Å². The van der Waals surface area contributed by atoms with E-state index in [1.54, 1.807) is 25.4 Å². The predicted octanol–water partition coefficient (Wildman–Crippen LogP) is 0.900. The third-order valence-corrected chi connectivity index (χ3v) is 4.80. The van der Waals surface area contributed by atoms with E-state index < -0.39 is 5.54 Å². The quantitative estimate of drug-likeness (QED) is 0.806. The fourth-order valence-corrected chi connectivity index (χ4v) is 3.37. The first-order chi connectivity index (χ1) is 11.0. The number of carbonyl (C=O) groups is 2. The molecule has 0 aliphatic carbocycles. The number of urea groups is 1. The highest BCUT2D eigenvalue weighted by Gasteiger charge is 2.52. The van der Waals surface area contributed by atoms with E-state index in [2.05, 4.69) is 15.6 Å². The minimum absolute atomic E-state index is 0.155. The lowest BCUT2D eigenvalue weighted by molar-refractivity contribution is -0.133. The Labute approximate surface area is 135 Å². The van der Waals surface area contributed by atoms with Crippen molar-refractivity contribution >= 4 is 11.9 Å². The van der Waals surface area contributed by atoms with E-state index in [-0.39, 0.29) is 24.4 Å². The molecule has 3 rings (SSSR count). The summed E-state index contributed by atoms with van der Waals surface area (Å²) in [5.74, 6) is 0.644. The van der Waals surface area contributed by atoms with E-state index in [1.807, 2.05) is 6.92 Å². The van der Waals surface area contributed by atoms with Crippen LogP contribution in [0, 0.1) is 5.92 Å². The smallest absolute Gasteiger partial charge is 0.325 e. The Hall–Kier alpha value is -2.15. The molecule has 3 amide bonds. The van der Waals surface area contributed by atoms with Crippen LogP contribution in [0.4, 0.5) is 4.79 Å². The third-order valence-electron chi connectivity index (χ3n) is 4.80. The van der Waals surface area contributed by atoms with Gasteiger partial charge in [-0.25, -0.2) is 4.79 Å². The molecule has 0 radical (unpaired) electrons. The first-order valence-corrected chi connectivity index (χ1v) is 7.88. The summed E-state index contributed by atoms with van der Waals surface area (Å²) in [4.78, 5) is 30.6. The van der Waals surface area contributed by atoms with Crippen molar-refractivity contribution in [3.05, 3.63) is 24.0 Å². The van der Waals surface area contributed by atoms with Crippen molar-refractivity contribution in [1.29, 1.82) is 0 Å². The van der Waals surface area contributed by atoms with Gasteiger partial charge in [0.05, 0.1) is 19.3 Å². The summed E-state index contributed by atoms with van der Waals surface area (Å²) in [6, 6.07) is 3.12. The standard InChI is InChI=1S/C16H22N4O3/c1-16(11-3-6-17-7-4-11)14(21)20(15(22)19-16)10-12-9-13(23-2)5-8-18-12/h5,8-9,11,17H,3-4,6-7,10H2,1-2H3,(H,19,22). The summed E-state index contributed by atoms with van der Waals surface area (Å²) in [5, 5.41) is 6.18. The highest BCUT2D eigenvalue weighted by molar-refractivity contribution is 6.06. The molecule has 124 valence electrons. The molecule has 2 N–H and O–H groups in total. The lowest BCUT2D eigenvalue weighted by Crippen LogP contribution is -2.53. The zero-order valence-electron chi connectivity index (χ0n) is 13.5. The number of rotatable bonds is 4. The molecular weight excluding hydrogens is 296 g/mol. The summed E-state index contributed by atoms with van der Waals surface area (Å²) >= 11 is 0. The van der Waals surface area contributed by atoms with Gasteiger partial charge in [-0.05, 0) is 44.8 Å². The van der Waals surface area contributed by atoms with Crippen molar-refractivity contribution < 1.29 is 14.3 Å². The van der Waals surface area contributed by atoms with Gasteiger partial charge in [0.1, 0.15) is 11.3 Å². The van der Waals surface area contributed by atoms with Gasteiger partial charge in [0.2, 0.25) is 0 Å². The number of piperidine rings is 1. The zero-order chi connectivity index (χ0) is 16.4. The maximum atomic E-state index is 12.9. The molecule has 2 saturated heterocycles. The molecule has 1 atom stereocenters. The monoisotopic (exact) mass is 318 g/mol. The van der Waals surface area contributed by atoms with Crippen LogP contribution >= 0.6 is 0 Å². The number of hydrogen-bond acceptors (Lipinski definition) is 5. The van der Waals surface area contributed by atoms with Crippen molar-refractivity contribution in [3.8, 4) is 5.75 Å². The largest absolute Gasteiger partial charge is 0.497 e. The minimum Gasteiger partial charge on any atom is -0.497 e. The molecular formula is C16H22N4O3. The first-order valence-electron chi connectivity index (χ1n) is 7.88. The lowest BCUT2D eigenvalue weighted by atomic mass is 9.79. The SMILES string of the molecule is COc1ccnc(CN2C(=O)NC(C)(C3CCNCC3)C2=O)c1. The van der Waals surface area contributed by atoms with E-state index >= 15 is 0 Å². The van der Waals surface area contributed by atoms with Crippen LogP contribution in [-0.2, 0) is 11.3 Å². The average molecular weight is 318 g/mol. The highest BCUT2D eigenvalue weighted by Crippen LogP contribution is 2.32. The Morgan fingerprint density at radius 2 is 2.13 bits per heavy atom. The number of nitrogens with one attached hydrogen (secondary N) is 2. The molecule has 0 aromatic carbocycles. The van der Waals surface area contributed by atoms with Gasteiger partial charge in [-0.3, -0.25) is 14.7 Å². The van der Waals surface area contributed by atoms with E-state index in [0.717, 1.165) is 25.9 Å². The molecule has 1 unspecified atom stereocenters. The van der Waals surface area contributed by atoms with Gasteiger partial charge < -0.3 is 15.4 Å². The topological polar surface area (TPSA) is 83.6 Å². The number of methoxy groups -OCH3 is 1. The fraction of sp³-hybridized carbons (Fsp3) is 0.562. The second-order valence-corrected chi connectivity index (χ2v) is 6.24. The number of imide groups is 1. The predicted molar refractivity (Wildman–Crippen MR) is 83.9 cm³/mol. The molecule has 1 aromatic rings. The maximum Gasteiger partial charge on any atom is 0.325 e. The number of ether oxygens (including phenoxy) is 1. The summed E-state index contributed by atoms with van der Waals surface area (Å²) in [6.45, 7) is 3.74. The third kappa shape index (κ3) is 2.88. The van der Waals surface area contributed by atoms with Gasteiger partial charge in [-0.2, -0.15) is 0 Å². The van der Waals surface area contributed by atoms with Crippen molar-refractivity contribution in [1.82, 2.24) is 20.5 Å². The van der Waals surface area contributed by atoms with E-state index in [0.29, 0.717) is 11.4 Å². The van der Waals surface area contributed by atoms with Gasteiger partial charge >= 0.3 is 6.03 Å². The van der Waals surface area contributed by atoms with Crippen LogP contribution < -0.4 is 15.4 Å². The Morgan fingerprint density at radius 1 is 1.39 bits per heavy atom. The summed E-state index contributed by atoms with van der Waals surface area (Å²) < 4.78 is 5.16. The highest BCUT2D eigenvalue weighted by atomic mass is 16.5. The number of pyridine rings is 1. The molecule has 23 heavy (non-hydrogen) atoms. The van der Waals surface area contributed by atoms with E-state index in [1.165, 1.54) is 4.90 Å². The van der Waals surface area contributed by atoms with E-state index in [4.69, 9.17) is 4.74 Å². The van der Waals surface area contributed by atoms with Gasteiger partial charge in [0.15, 0.2) is 0 Å². The average Bonchev–Trinajstić information content (AvgIpc) is 2.80. The molecule has 2 aliphatic rings. The maximum absolute atomic E-state index is 12.9. The van der Waals surface area contributed by atoms with Crippen molar-refractivity contribution in [2.24, 2.45) is 5.92 Å². The Balaban J connectivity index is 1.78. The van der Waals surface area contributed by atoms with Gasteiger partial charge in [0.25, 0.3) is 5.91 Å². The van der Waals surface area contributed by atoms with Crippen molar-refractivity contribution in [3.63, 3.8) is 0 Å². The summed E-state index contributed by atoms with van der Waals surface area (Å²) in [6.07, 6.45) is 3.38. The van der Waals surface area contributed by atoms with Crippen molar-refractivity contribution in [2.75, 3.05) is 20.2 Å². The van der Waals surface area contributed by atoms with Crippen molar-refractivity contribution in [2.45, 2.75) is 31.8 Å². The molecule has 7 heteroatoms. The molecule has 3 heterocycles. The number of aromatic nitrogens is 1. The number of hydrogen-bond donors (Lipinski definition) is 2. The summed E-state index contributed by atoms with van der Waals surface area (Å²) in [5.41, 5.74) is -0.194. The van der Waals surface area contributed by atoms with Gasteiger partial charge in [-0.15, -0.1) is 0 Å². The Bertz CT molecular complexity index is 615. The molecule has 1 aromatic heterocycles. The van der Waals surface area contributed by atoms with Crippen LogP contribution in [-0.4, -0.2) is 47.6 Å². The van der Waals surface area contributed by atoms with Crippen LogP contribution in [0.15, 0.2) is 18.3 Å².